The molecule has 25 heavy (non-hydrogen) atoms. The summed E-state index contributed by atoms with van der Waals surface area (Å²) in [5.41, 5.74) is 8.63. The molecule has 0 aliphatic rings. The molecule has 0 fully saturated rings. The lowest BCUT2D eigenvalue weighted by atomic mass is 10.1. The molecule has 0 unspecified atom stereocenters. The van der Waals surface area contributed by atoms with Crippen molar-refractivity contribution in [1.29, 1.82) is 0 Å². The van der Waals surface area contributed by atoms with Crippen molar-refractivity contribution in [3.8, 4) is 0 Å². The first-order valence-electron chi connectivity index (χ1n) is 8.43. The normalized spacial score (nSPS) is 10.9. The van der Waals surface area contributed by atoms with Crippen LogP contribution < -0.4 is 5.73 Å². The second kappa shape index (κ2) is 8.23. The van der Waals surface area contributed by atoms with Gasteiger partial charge in [-0.2, -0.15) is 0 Å². The van der Waals surface area contributed by atoms with Crippen molar-refractivity contribution in [2.24, 2.45) is 0 Å². The number of nitrogen functional groups attached to an aromatic ring is 1. The van der Waals surface area contributed by atoms with Crippen LogP contribution in [0.4, 0.5) is 5.95 Å². The van der Waals surface area contributed by atoms with Crippen LogP contribution in [0, 0.1) is 0 Å². The first-order valence-corrected chi connectivity index (χ1v) is 8.43. The van der Waals surface area contributed by atoms with Gasteiger partial charge < -0.3 is 10.7 Å². The van der Waals surface area contributed by atoms with Gasteiger partial charge in [0.25, 0.3) is 0 Å². The highest BCUT2D eigenvalue weighted by molar-refractivity contribution is 5.78. The molecule has 7 heteroatoms. The van der Waals surface area contributed by atoms with Crippen molar-refractivity contribution >= 4 is 11.7 Å². The average Bonchev–Trinajstić information content (AvgIpc) is 3.23. The van der Waals surface area contributed by atoms with Gasteiger partial charge in [0, 0.05) is 18.3 Å². The Hall–Kier alpha value is -2.96. The van der Waals surface area contributed by atoms with Crippen LogP contribution >= 0.6 is 0 Å². The monoisotopic (exact) mass is 338 g/mol. The zero-order chi connectivity index (χ0) is 17.5. The second-order valence-corrected chi connectivity index (χ2v) is 6.08. The number of Topliss-reactive ketones (excluding diaryl/α,β-unsaturated/α-hetero) is 1. The van der Waals surface area contributed by atoms with Gasteiger partial charge in [-0.05, 0) is 31.2 Å². The fourth-order valence-corrected chi connectivity index (χ4v) is 2.68. The van der Waals surface area contributed by atoms with E-state index in [0.717, 1.165) is 37.1 Å². The van der Waals surface area contributed by atoms with Crippen molar-refractivity contribution in [2.75, 3.05) is 5.73 Å². The highest BCUT2D eigenvalue weighted by atomic mass is 16.1. The van der Waals surface area contributed by atoms with Gasteiger partial charge in [0.15, 0.2) is 11.7 Å². The highest BCUT2D eigenvalue weighted by Gasteiger charge is 2.07. The van der Waals surface area contributed by atoms with Gasteiger partial charge in [-0.1, -0.05) is 35.5 Å². The minimum Gasteiger partial charge on any atom is -0.369 e. The second-order valence-electron chi connectivity index (χ2n) is 6.08. The van der Waals surface area contributed by atoms with E-state index in [0.29, 0.717) is 12.4 Å². The number of nitrogens with zero attached hydrogens (tertiary/aromatic N) is 4. The van der Waals surface area contributed by atoms with E-state index in [1.54, 1.807) is 10.9 Å². The van der Waals surface area contributed by atoms with E-state index in [1.165, 1.54) is 5.56 Å². The number of aromatic nitrogens is 5. The molecule has 0 aliphatic heterocycles. The van der Waals surface area contributed by atoms with E-state index < -0.39 is 0 Å². The third-order valence-corrected chi connectivity index (χ3v) is 3.99. The minimum atomic E-state index is 0.160. The van der Waals surface area contributed by atoms with Crippen molar-refractivity contribution in [2.45, 2.75) is 38.6 Å². The third-order valence-electron chi connectivity index (χ3n) is 3.99. The topological polar surface area (TPSA) is 102 Å². The summed E-state index contributed by atoms with van der Waals surface area (Å²) in [5, 5.41) is 8.18. The summed E-state index contributed by atoms with van der Waals surface area (Å²) in [6.07, 6.45) is 7.45. The Labute approximate surface area is 146 Å². The molecule has 130 valence electrons. The molecule has 0 saturated heterocycles. The van der Waals surface area contributed by atoms with Crippen molar-refractivity contribution in [3.05, 3.63) is 59.7 Å². The molecule has 3 rings (SSSR count). The van der Waals surface area contributed by atoms with Crippen LogP contribution in [-0.4, -0.2) is 30.7 Å². The maximum Gasteiger partial charge on any atom is 0.197 e. The van der Waals surface area contributed by atoms with E-state index in [1.807, 2.05) is 36.5 Å². The number of hydrogen-bond donors (Lipinski definition) is 2. The minimum absolute atomic E-state index is 0.160. The number of H-pyrrole nitrogens is 1. The summed E-state index contributed by atoms with van der Waals surface area (Å²) in [6, 6.07) is 10.0. The average molecular weight is 338 g/mol. The number of anilines is 1. The van der Waals surface area contributed by atoms with Crippen LogP contribution in [0.15, 0.2) is 42.7 Å². The fourth-order valence-electron chi connectivity index (χ4n) is 2.68. The molecule has 0 aliphatic carbocycles. The Bertz CT molecular complexity index is 808. The van der Waals surface area contributed by atoms with Gasteiger partial charge >= 0.3 is 0 Å². The number of nitrogens with two attached hydrogens (primary N) is 1. The van der Waals surface area contributed by atoms with Gasteiger partial charge in [-0.15, -0.1) is 5.10 Å². The molecule has 0 radical (unpaired) electrons. The standard InChI is InChI=1S/C18H22N6O/c19-18-20-11-15(21-18)7-4-8-16-12-24(23-22-16)13-17(25)10-9-14-5-2-1-3-6-14/h1-3,5-6,11-12H,4,7-10,13H2,(H3,19,20,21). The molecule has 0 saturated carbocycles. The summed E-state index contributed by atoms with van der Waals surface area (Å²) in [4.78, 5) is 19.1. The number of carbonyl (C=O) groups excluding carboxylic acids is 1. The summed E-state index contributed by atoms with van der Waals surface area (Å²) >= 11 is 0. The smallest absolute Gasteiger partial charge is 0.197 e. The third kappa shape index (κ3) is 5.27. The van der Waals surface area contributed by atoms with Gasteiger partial charge in [0.05, 0.1) is 11.9 Å². The number of rotatable bonds is 9. The maximum absolute atomic E-state index is 12.1. The molecule has 2 aromatic heterocycles. The molecule has 3 aromatic rings. The largest absolute Gasteiger partial charge is 0.369 e. The molecule has 2 heterocycles. The number of nitrogens with one attached hydrogen (secondary N) is 1. The number of benzene rings is 1. The molecular formula is C18H22N6O. The number of carbonyl (C=O) groups is 1. The predicted octanol–water partition coefficient (Wildman–Crippen LogP) is 1.96. The first kappa shape index (κ1) is 16.9. The Kier molecular flexibility index (Phi) is 5.56. The van der Waals surface area contributed by atoms with Crippen LogP contribution in [0.2, 0.25) is 0 Å². The van der Waals surface area contributed by atoms with Crippen LogP contribution in [0.3, 0.4) is 0 Å². The van der Waals surface area contributed by atoms with Crippen molar-refractivity contribution < 1.29 is 4.79 Å². The zero-order valence-electron chi connectivity index (χ0n) is 14.1. The molecule has 1 aromatic carbocycles. The predicted molar refractivity (Wildman–Crippen MR) is 94.8 cm³/mol. The molecule has 0 atom stereocenters. The fraction of sp³-hybridized carbons (Fsp3) is 0.333. The lowest BCUT2D eigenvalue weighted by Gasteiger charge is -2.01. The zero-order valence-corrected chi connectivity index (χ0v) is 14.1. The van der Waals surface area contributed by atoms with Crippen LogP contribution in [-0.2, 0) is 30.6 Å². The van der Waals surface area contributed by atoms with Gasteiger partial charge in [-0.3, -0.25) is 4.79 Å². The Balaban J connectivity index is 1.41. The Morgan fingerprint density at radius 3 is 2.76 bits per heavy atom. The van der Waals surface area contributed by atoms with E-state index in [4.69, 9.17) is 5.73 Å². The highest BCUT2D eigenvalue weighted by Crippen LogP contribution is 2.07. The van der Waals surface area contributed by atoms with Crippen molar-refractivity contribution in [3.63, 3.8) is 0 Å². The van der Waals surface area contributed by atoms with E-state index in [2.05, 4.69) is 20.3 Å². The van der Waals surface area contributed by atoms with Crippen LogP contribution in [0.5, 0.6) is 0 Å². The lowest BCUT2D eigenvalue weighted by molar-refractivity contribution is -0.119. The van der Waals surface area contributed by atoms with Gasteiger partial charge in [0.2, 0.25) is 0 Å². The molecule has 3 N–H and O–H groups in total. The molecular weight excluding hydrogens is 316 g/mol. The van der Waals surface area contributed by atoms with Crippen LogP contribution in [0.1, 0.15) is 29.8 Å². The summed E-state index contributed by atoms with van der Waals surface area (Å²) in [5.74, 6) is 0.600. The number of imidazole rings is 1. The van der Waals surface area contributed by atoms with E-state index in [9.17, 15) is 4.79 Å². The van der Waals surface area contributed by atoms with E-state index >= 15 is 0 Å². The van der Waals surface area contributed by atoms with Gasteiger partial charge in [0.1, 0.15) is 6.54 Å². The summed E-state index contributed by atoms with van der Waals surface area (Å²) in [7, 11) is 0. The number of ketones is 1. The lowest BCUT2D eigenvalue weighted by Crippen LogP contribution is -2.11. The molecule has 0 bridgehead atoms. The Morgan fingerprint density at radius 2 is 2.00 bits per heavy atom. The summed E-state index contributed by atoms with van der Waals surface area (Å²) < 4.78 is 1.62. The van der Waals surface area contributed by atoms with Crippen LogP contribution in [0.25, 0.3) is 0 Å². The molecule has 0 amide bonds. The molecule has 0 spiro atoms. The number of aromatic amines is 1. The number of hydrogen-bond acceptors (Lipinski definition) is 5. The Morgan fingerprint density at radius 1 is 1.16 bits per heavy atom. The van der Waals surface area contributed by atoms with Gasteiger partial charge in [-0.25, -0.2) is 9.67 Å². The van der Waals surface area contributed by atoms with Crippen molar-refractivity contribution in [1.82, 2.24) is 25.0 Å². The SMILES string of the molecule is Nc1ncc(CCCc2cn(CC(=O)CCc3ccccc3)nn2)[nH]1. The quantitative estimate of drug-likeness (QED) is 0.621. The first-order chi connectivity index (χ1) is 12.2. The number of aryl methyl sites for hydroxylation is 3. The summed E-state index contributed by atoms with van der Waals surface area (Å²) in [6.45, 7) is 0.275. The molecule has 7 nitrogen and oxygen atoms in total. The van der Waals surface area contributed by atoms with E-state index in [-0.39, 0.29) is 12.3 Å². The maximum atomic E-state index is 12.1.